The molecule has 0 bridgehead atoms. The minimum Gasteiger partial charge on any atom is -0.507 e. The van der Waals surface area contributed by atoms with E-state index in [4.69, 9.17) is 9.47 Å². The number of fused-ring (bicyclic) bond motifs is 3. The van der Waals surface area contributed by atoms with Gasteiger partial charge in [0, 0.05) is 17.7 Å². The SMILES string of the molecule is CC1(C)C=Cc2c(ccc3c2OCC(c2ccc(O)c(C=Nc4ccccc4)c2O)C3)O1. The third-order valence-electron chi connectivity index (χ3n) is 5.92. The topological polar surface area (TPSA) is 71.3 Å². The maximum Gasteiger partial charge on any atom is 0.133 e. The molecule has 1 atom stereocenters. The van der Waals surface area contributed by atoms with Gasteiger partial charge in [-0.05, 0) is 62.2 Å². The van der Waals surface area contributed by atoms with Crippen molar-refractivity contribution in [3.63, 3.8) is 0 Å². The fourth-order valence-electron chi connectivity index (χ4n) is 4.24. The first-order valence-corrected chi connectivity index (χ1v) is 10.7. The number of phenols is 2. The Labute approximate surface area is 187 Å². The van der Waals surface area contributed by atoms with E-state index in [0.29, 0.717) is 18.6 Å². The molecule has 2 N–H and O–H groups in total. The minimum atomic E-state index is -0.339. The first kappa shape index (κ1) is 20.2. The predicted octanol–water partition coefficient (Wildman–Crippen LogP) is 5.75. The summed E-state index contributed by atoms with van der Waals surface area (Å²) in [6.45, 7) is 4.47. The van der Waals surface area contributed by atoms with Crippen molar-refractivity contribution < 1.29 is 19.7 Å². The molecule has 5 nitrogen and oxygen atoms in total. The first-order chi connectivity index (χ1) is 15.4. The molecule has 1 unspecified atom stereocenters. The summed E-state index contributed by atoms with van der Waals surface area (Å²) in [5, 5.41) is 21.3. The summed E-state index contributed by atoms with van der Waals surface area (Å²) in [5.41, 5.74) is 3.48. The Bertz CT molecular complexity index is 1230. The third-order valence-corrected chi connectivity index (χ3v) is 5.92. The molecule has 5 rings (SSSR count). The van der Waals surface area contributed by atoms with Crippen LogP contribution >= 0.6 is 0 Å². The van der Waals surface area contributed by atoms with E-state index in [1.54, 1.807) is 12.1 Å². The Morgan fingerprint density at radius 2 is 1.84 bits per heavy atom. The summed E-state index contributed by atoms with van der Waals surface area (Å²) in [6.07, 6.45) is 6.32. The highest BCUT2D eigenvalue weighted by atomic mass is 16.5. The highest BCUT2D eigenvalue weighted by molar-refractivity contribution is 5.89. The molecule has 162 valence electrons. The lowest BCUT2D eigenvalue weighted by molar-refractivity contribution is 0.157. The molecule has 0 amide bonds. The third kappa shape index (κ3) is 3.71. The number of ether oxygens (including phenoxy) is 2. The maximum absolute atomic E-state index is 11.0. The van der Waals surface area contributed by atoms with Gasteiger partial charge in [-0.2, -0.15) is 0 Å². The van der Waals surface area contributed by atoms with Crippen molar-refractivity contribution in [2.75, 3.05) is 6.61 Å². The van der Waals surface area contributed by atoms with Crippen LogP contribution in [0, 0.1) is 0 Å². The van der Waals surface area contributed by atoms with E-state index in [1.807, 2.05) is 62.4 Å². The average molecular weight is 428 g/mol. The van der Waals surface area contributed by atoms with Gasteiger partial charge in [0.15, 0.2) is 0 Å². The van der Waals surface area contributed by atoms with Crippen LogP contribution in [0.25, 0.3) is 6.08 Å². The largest absolute Gasteiger partial charge is 0.507 e. The zero-order valence-electron chi connectivity index (χ0n) is 18.1. The molecular formula is C27H25NO4. The molecule has 2 aliphatic rings. The zero-order chi connectivity index (χ0) is 22.3. The number of benzene rings is 3. The molecule has 3 aromatic rings. The van der Waals surface area contributed by atoms with E-state index in [-0.39, 0.29) is 23.0 Å². The zero-order valence-corrected chi connectivity index (χ0v) is 18.1. The number of hydrogen-bond donors (Lipinski definition) is 2. The number of nitrogens with zero attached hydrogens (tertiary/aromatic N) is 1. The van der Waals surface area contributed by atoms with Crippen LogP contribution in [0.15, 0.2) is 65.7 Å². The van der Waals surface area contributed by atoms with Crippen molar-refractivity contribution >= 4 is 18.0 Å². The van der Waals surface area contributed by atoms with Gasteiger partial charge in [-0.15, -0.1) is 0 Å². The van der Waals surface area contributed by atoms with Crippen LogP contribution in [0.2, 0.25) is 0 Å². The van der Waals surface area contributed by atoms with E-state index in [2.05, 4.69) is 11.1 Å². The highest BCUT2D eigenvalue weighted by Crippen LogP contribution is 2.45. The Balaban J connectivity index is 1.44. The van der Waals surface area contributed by atoms with Crippen LogP contribution in [0.1, 0.15) is 42.0 Å². The molecule has 0 saturated heterocycles. The minimum absolute atomic E-state index is 0.0120. The molecule has 5 heteroatoms. The predicted molar refractivity (Wildman–Crippen MR) is 126 cm³/mol. The lowest BCUT2D eigenvalue weighted by atomic mass is 9.87. The smallest absolute Gasteiger partial charge is 0.133 e. The summed E-state index contributed by atoms with van der Waals surface area (Å²) >= 11 is 0. The van der Waals surface area contributed by atoms with Gasteiger partial charge >= 0.3 is 0 Å². The van der Waals surface area contributed by atoms with E-state index >= 15 is 0 Å². The Hall–Kier alpha value is -3.73. The summed E-state index contributed by atoms with van der Waals surface area (Å²) < 4.78 is 12.2. The fourth-order valence-corrected chi connectivity index (χ4v) is 4.24. The molecule has 0 aromatic heterocycles. The maximum atomic E-state index is 11.0. The van der Waals surface area contributed by atoms with Crippen LogP contribution in [-0.2, 0) is 6.42 Å². The lowest BCUT2D eigenvalue weighted by Crippen LogP contribution is -2.28. The van der Waals surface area contributed by atoms with Gasteiger partial charge in [0.1, 0.15) is 28.6 Å². The fraction of sp³-hybridized carbons (Fsp3) is 0.222. The van der Waals surface area contributed by atoms with Gasteiger partial charge in [0.2, 0.25) is 0 Å². The summed E-state index contributed by atoms with van der Waals surface area (Å²) in [4.78, 5) is 4.38. The molecule has 0 spiro atoms. The standard InChI is InChI=1S/C27H25NO4/c1-27(2)13-12-21-24(32-27)11-8-17-14-18(16-31-26(17)21)20-9-10-23(29)22(25(20)30)15-28-19-6-4-3-5-7-19/h3-13,15,18,29-30H,14,16H2,1-2H3. The van der Waals surface area contributed by atoms with Crippen molar-refractivity contribution in [3.05, 3.63) is 82.9 Å². The van der Waals surface area contributed by atoms with Gasteiger partial charge in [-0.3, -0.25) is 4.99 Å². The first-order valence-electron chi connectivity index (χ1n) is 10.7. The number of phenolic OH excluding ortho intramolecular Hbond substituents is 2. The Kier molecular flexibility index (Phi) is 4.89. The number of aliphatic imine (C=N–C) groups is 1. The van der Waals surface area contributed by atoms with Crippen LogP contribution in [0.4, 0.5) is 5.69 Å². The van der Waals surface area contributed by atoms with Crippen molar-refractivity contribution in [1.82, 2.24) is 0 Å². The molecule has 0 saturated carbocycles. The molecule has 3 aromatic carbocycles. The van der Waals surface area contributed by atoms with Crippen molar-refractivity contribution in [2.45, 2.75) is 31.8 Å². The van der Waals surface area contributed by atoms with E-state index in [0.717, 1.165) is 33.9 Å². The van der Waals surface area contributed by atoms with E-state index < -0.39 is 0 Å². The Morgan fingerprint density at radius 1 is 1.03 bits per heavy atom. The van der Waals surface area contributed by atoms with Crippen molar-refractivity contribution in [3.8, 4) is 23.0 Å². The summed E-state index contributed by atoms with van der Waals surface area (Å²) in [5.74, 6) is 1.64. The van der Waals surface area contributed by atoms with Gasteiger partial charge in [-0.25, -0.2) is 0 Å². The van der Waals surface area contributed by atoms with Gasteiger partial charge < -0.3 is 19.7 Å². The van der Waals surface area contributed by atoms with Crippen molar-refractivity contribution in [2.24, 2.45) is 4.99 Å². The molecule has 0 fully saturated rings. The van der Waals surface area contributed by atoms with Gasteiger partial charge in [-0.1, -0.05) is 30.3 Å². The highest BCUT2D eigenvalue weighted by Gasteiger charge is 2.30. The lowest BCUT2D eigenvalue weighted by Gasteiger charge is -2.32. The summed E-state index contributed by atoms with van der Waals surface area (Å²) in [7, 11) is 0. The normalized spacial score (nSPS) is 18.5. The second-order valence-electron chi connectivity index (χ2n) is 8.75. The molecule has 2 aliphatic heterocycles. The van der Waals surface area contributed by atoms with E-state index in [1.165, 1.54) is 6.21 Å². The van der Waals surface area contributed by atoms with Gasteiger partial charge in [0.05, 0.1) is 23.4 Å². The van der Waals surface area contributed by atoms with Crippen LogP contribution in [0.5, 0.6) is 23.0 Å². The van der Waals surface area contributed by atoms with Crippen LogP contribution in [-0.4, -0.2) is 28.6 Å². The monoisotopic (exact) mass is 427 g/mol. The average Bonchev–Trinajstić information content (AvgIpc) is 2.78. The number of hydrogen-bond acceptors (Lipinski definition) is 5. The molecule has 32 heavy (non-hydrogen) atoms. The quantitative estimate of drug-likeness (QED) is 0.522. The number of rotatable bonds is 3. The molecular weight excluding hydrogens is 402 g/mol. The molecule has 0 radical (unpaired) electrons. The van der Waals surface area contributed by atoms with Gasteiger partial charge in [0.25, 0.3) is 0 Å². The summed E-state index contributed by atoms with van der Waals surface area (Å²) in [6, 6.07) is 16.8. The molecule has 2 heterocycles. The second kappa shape index (κ2) is 7.75. The number of para-hydroxylation sites is 1. The van der Waals surface area contributed by atoms with Crippen LogP contribution < -0.4 is 9.47 Å². The van der Waals surface area contributed by atoms with Crippen molar-refractivity contribution in [1.29, 1.82) is 0 Å². The molecule has 0 aliphatic carbocycles. The Morgan fingerprint density at radius 3 is 2.66 bits per heavy atom. The van der Waals surface area contributed by atoms with Crippen LogP contribution in [0.3, 0.4) is 0 Å². The number of aromatic hydroxyl groups is 2. The second-order valence-corrected chi connectivity index (χ2v) is 8.75. The van der Waals surface area contributed by atoms with E-state index in [9.17, 15) is 10.2 Å².